The molecule has 4 nitrogen and oxygen atoms in total. The van der Waals surface area contributed by atoms with Crippen molar-refractivity contribution in [3.8, 4) is 5.75 Å². The highest BCUT2D eigenvalue weighted by atomic mass is 35.5. The molecule has 1 atom stereocenters. The Labute approximate surface area is 165 Å². The Hall–Kier alpha value is -2.46. The summed E-state index contributed by atoms with van der Waals surface area (Å²) in [7, 11) is 1.63. The van der Waals surface area contributed by atoms with E-state index in [9.17, 15) is 4.79 Å². The topological polar surface area (TPSA) is 45.3 Å². The number of methoxy groups -OCH3 is 1. The van der Waals surface area contributed by atoms with Crippen LogP contribution in [0.25, 0.3) is 10.9 Å². The summed E-state index contributed by atoms with van der Waals surface area (Å²) in [6, 6.07) is 11.6. The van der Waals surface area contributed by atoms with Crippen molar-refractivity contribution in [2.45, 2.75) is 26.7 Å². The van der Waals surface area contributed by atoms with Crippen molar-refractivity contribution in [3.63, 3.8) is 0 Å². The molecule has 1 N–H and O–H groups in total. The van der Waals surface area contributed by atoms with Crippen molar-refractivity contribution in [2.75, 3.05) is 20.2 Å². The molecule has 0 unspecified atom stereocenters. The van der Waals surface area contributed by atoms with Gasteiger partial charge >= 0.3 is 0 Å². The molecule has 0 aliphatic rings. The largest absolute Gasteiger partial charge is 0.496 e. The van der Waals surface area contributed by atoms with Gasteiger partial charge in [0.25, 0.3) is 0 Å². The monoisotopic (exact) mass is 384 g/mol. The molecule has 0 radical (unpaired) electrons. The minimum atomic E-state index is -0.474. The number of nitrogens with one attached hydrogen (secondary N) is 1. The number of hydrogen-bond donors (Lipinski definition) is 1. The number of rotatable bonds is 6. The second-order valence-corrected chi connectivity index (χ2v) is 6.93. The van der Waals surface area contributed by atoms with Gasteiger partial charge in [0.15, 0.2) is 0 Å². The average molecular weight is 385 g/mol. The average Bonchev–Trinajstić information content (AvgIpc) is 3.18. The van der Waals surface area contributed by atoms with Crippen molar-refractivity contribution in [3.05, 3.63) is 64.3 Å². The smallest absolute Gasteiger partial charge is 0.234 e. The number of ether oxygens (including phenoxy) is 1. The number of H-pyrrole nitrogens is 1. The van der Waals surface area contributed by atoms with Crippen LogP contribution >= 0.6 is 11.6 Å². The minimum absolute atomic E-state index is 0.0542. The van der Waals surface area contributed by atoms with Crippen LogP contribution in [-0.4, -0.2) is 36.0 Å². The molecule has 0 aliphatic carbocycles. The zero-order valence-electron chi connectivity index (χ0n) is 16.2. The van der Waals surface area contributed by atoms with Gasteiger partial charge in [-0.1, -0.05) is 29.8 Å². The quantitative estimate of drug-likeness (QED) is 0.639. The highest BCUT2D eigenvalue weighted by Crippen LogP contribution is 2.39. The predicted octanol–water partition coefficient (Wildman–Crippen LogP) is 5.14. The van der Waals surface area contributed by atoms with Crippen molar-refractivity contribution >= 4 is 28.4 Å². The molecule has 1 heterocycles. The van der Waals surface area contributed by atoms with Gasteiger partial charge in [-0.05, 0) is 50.1 Å². The van der Waals surface area contributed by atoms with Crippen molar-refractivity contribution < 1.29 is 9.53 Å². The molecule has 1 aromatic heterocycles. The molecule has 0 saturated carbocycles. The predicted molar refractivity (Wildman–Crippen MR) is 111 cm³/mol. The van der Waals surface area contributed by atoms with E-state index >= 15 is 0 Å². The van der Waals surface area contributed by atoms with Gasteiger partial charge in [0.05, 0.1) is 23.6 Å². The Balaban J connectivity index is 2.27. The van der Waals surface area contributed by atoms with E-state index in [-0.39, 0.29) is 5.91 Å². The molecule has 3 rings (SSSR count). The first-order valence-electron chi connectivity index (χ1n) is 9.21. The number of para-hydroxylation sites is 1. The van der Waals surface area contributed by atoms with Crippen LogP contribution in [0.3, 0.4) is 0 Å². The van der Waals surface area contributed by atoms with Crippen molar-refractivity contribution in [2.24, 2.45) is 0 Å². The minimum Gasteiger partial charge on any atom is -0.496 e. The van der Waals surface area contributed by atoms with Gasteiger partial charge in [-0.2, -0.15) is 0 Å². The summed E-state index contributed by atoms with van der Waals surface area (Å²) < 4.78 is 5.58. The fourth-order valence-electron chi connectivity index (χ4n) is 3.71. The van der Waals surface area contributed by atoms with Gasteiger partial charge in [0.2, 0.25) is 5.91 Å². The number of hydrogen-bond acceptors (Lipinski definition) is 2. The summed E-state index contributed by atoms with van der Waals surface area (Å²) >= 11 is 6.55. The number of halogens is 1. The number of likely N-dealkylation sites (N-methyl/N-ethyl adjacent to an activating group) is 1. The number of aromatic amines is 1. The lowest BCUT2D eigenvalue weighted by atomic mass is 9.85. The van der Waals surface area contributed by atoms with E-state index in [1.54, 1.807) is 7.11 Å². The number of carbonyl (C=O) groups excluding carboxylic acids is 1. The van der Waals surface area contributed by atoms with Crippen LogP contribution in [0.2, 0.25) is 5.02 Å². The van der Waals surface area contributed by atoms with E-state index in [0.717, 1.165) is 27.6 Å². The van der Waals surface area contributed by atoms with Gasteiger partial charge in [0, 0.05) is 30.2 Å². The molecule has 0 spiro atoms. The summed E-state index contributed by atoms with van der Waals surface area (Å²) in [5.41, 5.74) is 3.71. The first kappa shape index (κ1) is 19.3. The molecule has 142 valence electrons. The lowest BCUT2D eigenvalue weighted by Crippen LogP contribution is -2.35. The molecule has 2 aromatic carbocycles. The zero-order valence-corrected chi connectivity index (χ0v) is 16.9. The summed E-state index contributed by atoms with van der Waals surface area (Å²) in [4.78, 5) is 18.6. The molecule has 0 saturated heterocycles. The lowest BCUT2D eigenvalue weighted by Gasteiger charge is -2.28. The van der Waals surface area contributed by atoms with E-state index in [1.807, 2.05) is 68.3 Å². The van der Waals surface area contributed by atoms with Crippen LogP contribution < -0.4 is 4.74 Å². The third-order valence-electron chi connectivity index (χ3n) is 5.19. The molecule has 27 heavy (non-hydrogen) atoms. The molecule has 0 aliphatic heterocycles. The third-order valence-corrected chi connectivity index (χ3v) is 5.49. The van der Waals surface area contributed by atoms with E-state index < -0.39 is 5.92 Å². The molecule has 3 aromatic rings. The van der Waals surface area contributed by atoms with Crippen LogP contribution in [-0.2, 0) is 4.79 Å². The zero-order chi connectivity index (χ0) is 19.6. The van der Waals surface area contributed by atoms with E-state index in [2.05, 4.69) is 4.98 Å². The number of amides is 1. The van der Waals surface area contributed by atoms with E-state index in [4.69, 9.17) is 16.3 Å². The molecular weight excluding hydrogens is 360 g/mol. The van der Waals surface area contributed by atoms with E-state index in [1.165, 1.54) is 0 Å². The Morgan fingerprint density at radius 2 is 1.89 bits per heavy atom. The third kappa shape index (κ3) is 3.42. The van der Waals surface area contributed by atoms with Gasteiger partial charge in [0.1, 0.15) is 5.75 Å². The SMILES string of the molecule is CCN(CC)C(=O)[C@@H](c1ccccc1OC)c1cc(Cl)c2[nH]ccc2c1C. The maximum absolute atomic E-state index is 13.5. The fraction of sp³-hybridized carbons (Fsp3) is 0.318. The van der Waals surface area contributed by atoms with Crippen LogP contribution in [0, 0.1) is 6.92 Å². The summed E-state index contributed by atoms with van der Waals surface area (Å²) in [6.45, 7) is 7.34. The Kier molecular flexibility index (Phi) is 5.76. The molecule has 0 bridgehead atoms. The number of benzene rings is 2. The standard InChI is InChI=1S/C22H25ClN2O2/c1-5-25(6-2)22(26)20(16-9-7-8-10-19(16)27-4)17-13-18(23)21-15(14(17)3)11-12-24-21/h7-13,20,24H,5-6H2,1-4H3/t20-/m0/s1. The maximum Gasteiger partial charge on any atom is 0.234 e. The van der Waals surface area contributed by atoms with Gasteiger partial charge < -0.3 is 14.6 Å². The van der Waals surface area contributed by atoms with Crippen LogP contribution in [0.4, 0.5) is 0 Å². The van der Waals surface area contributed by atoms with Crippen LogP contribution in [0.5, 0.6) is 5.75 Å². The van der Waals surface area contributed by atoms with E-state index in [0.29, 0.717) is 23.9 Å². The Bertz CT molecular complexity index is 960. The Morgan fingerprint density at radius 1 is 1.19 bits per heavy atom. The van der Waals surface area contributed by atoms with Crippen molar-refractivity contribution in [1.29, 1.82) is 0 Å². The second kappa shape index (κ2) is 8.05. The molecule has 1 amide bonds. The number of aromatic nitrogens is 1. The second-order valence-electron chi connectivity index (χ2n) is 6.52. The normalized spacial score (nSPS) is 12.2. The Morgan fingerprint density at radius 3 is 2.56 bits per heavy atom. The fourth-order valence-corrected chi connectivity index (χ4v) is 3.98. The molecule has 5 heteroatoms. The number of fused-ring (bicyclic) bond motifs is 1. The first-order valence-corrected chi connectivity index (χ1v) is 9.59. The number of aryl methyl sites for hydroxylation is 1. The highest BCUT2D eigenvalue weighted by molar-refractivity contribution is 6.35. The lowest BCUT2D eigenvalue weighted by molar-refractivity contribution is -0.131. The van der Waals surface area contributed by atoms with Gasteiger partial charge in [-0.25, -0.2) is 0 Å². The van der Waals surface area contributed by atoms with Crippen LogP contribution in [0.15, 0.2) is 42.6 Å². The summed E-state index contributed by atoms with van der Waals surface area (Å²) in [6.07, 6.45) is 1.87. The number of carbonyl (C=O) groups is 1. The molecular formula is C22H25ClN2O2. The van der Waals surface area contributed by atoms with Gasteiger partial charge in [-0.3, -0.25) is 4.79 Å². The summed E-state index contributed by atoms with van der Waals surface area (Å²) in [5, 5.41) is 1.65. The maximum atomic E-state index is 13.5. The number of nitrogens with zero attached hydrogens (tertiary/aromatic N) is 1. The summed E-state index contributed by atoms with van der Waals surface area (Å²) in [5.74, 6) is 0.282. The first-order chi connectivity index (χ1) is 13.0. The van der Waals surface area contributed by atoms with Gasteiger partial charge in [-0.15, -0.1) is 0 Å². The van der Waals surface area contributed by atoms with Crippen molar-refractivity contribution in [1.82, 2.24) is 9.88 Å². The molecule has 0 fully saturated rings. The van der Waals surface area contributed by atoms with Crippen LogP contribution in [0.1, 0.15) is 36.5 Å². The highest BCUT2D eigenvalue weighted by Gasteiger charge is 2.31.